The van der Waals surface area contributed by atoms with Crippen molar-refractivity contribution < 1.29 is 9.59 Å². The van der Waals surface area contributed by atoms with Crippen LogP contribution in [0.4, 0.5) is 0 Å². The van der Waals surface area contributed by atoms with Crippen LogP contribution in [0.3, 0.4) is 0 Å². The number of hydrogen-bond acceptors (Lipinski definition) is 3. The van der Waals surface area contributed by atoms with Gasteiger partial charge in [0.25, 0.3) is 11.8 Å². The van der Waals surface area contributed by atoms with E-state index in [1.54, 1.807) is 12.1 Å². The average molecular weight is 351 g/mol. The van der Waals surface area contributed by atoms with Gasteiger partial charge in [0.1, 0.15) is 5.69 Å². The maximum atomic E-state index is 12.7. The van der Waals surface area contributed by atoms with Crippen LogP contribution in [0.2, 0.25) is 0 Å². The molecular weight excluding hydrogens is 326 g/mol. The second-order valence-electron chi connectivity index (χ2n) is 7.10. The van der Waals surface area contributed by atoms with Crippen LogP contribution in [-0.2, 0) is 6.54 Å². The van der Waals surface area contributed by atoms with Crippen LogP contribution in [-0.4, -0.2) is 34.8 Å². The monoisotopic (exact) mass is 351 g/mol. The van der Waals surface area contributed by atoms with Gasteiger partial charge in [-0.1, -0.05) is 36.8 Å². The van der Waals surface area contributed by atoms with Crippen molar-refractivity contribution in [2.24, 2.45) is 5.92 Å². The number of carbonyl (C=O) groups excluding carboxylic acids is 2. The van der Waals surface area contributed by atoms with E-state index in [2.05, 4.69) is 17.2 Å². The molecule has 2 amide bonds. The summed E-state index contributed by atoms with van der Waals surface area (Å²) in [6, 6.07) is 11.3. The quantitative estimate of drug-likeness (QED) is 0.920. The summed E-state index contributed by atoms with van der Waals surface area (Å²) in [5.41, 5.74) is 3.00. The Bertz CT molecular complexity index is 786. The van der Waals surface area contributed by atoms with Gasteiger partial charge in [-0.3, -0.25) is 14.6 Å². The molecule has 26 heavy (non-hydrogen) atoms. The molecule has 1 unspecified atom stereocenters. The number of aryl methyl sites for hydroxylation is 1. The molecule has 2 heterocycles. The summed E-state index contributed by atoms with van der Waals surface area (Å²) in [4.78, 5) is 31.1. The topological polar surface area (TPSA) is 62.3 Å². The van der Waals surface area contributed by atoms with E-state index in [9.17, 15) is 9.59 Å². The smallest absolute Gasteiger partial charge is 0.270 e. The third-order valence-corrected chi connectivity index (χ3v) is 4.76. The van der Waals surface area contributed by atoms with E-state index in [1.807, 2.05) is 36.1 Å². The minimum absolute atomic E-state index is 0.0217. The lowest BCUT2D eigenvalue weighted by atomic mass is 9.99. The zero-order valence-corrected chi connectivity index (χ0v) is 15.4. The van der Waals surface area contributed by atoms with Gasteiger partial charge in [0.05, 0.1) is 0 Å². The molecule has 0 radical (unpaired) electrons. The molecule has 1 aliphatic rings. The zero-order valence-electron chi connectivity index (χ0n) is 15.4. The maximum absolute atomic E-state index is 12.7. The van der Waals surface area contributed by atoms with Gasteiger partial charge in [0, 0.05) is 31.4 Å². The van der Waals surface area contributed by atoms with E-state index >= 15 is 0 Å². The first-order valence-corrected chi connectivity index (χ1v) is 9.12. The normalized spacial score (nSPS) is 17.0. The number of likely N-dealkylation sites (tertiary alicyclic amines) is 1. The molecule has 1 aromatic carbocycles. The third-order valence-electron chi connectivity index (χ3n) is 4.76. The van der Waals surface area contributed by atoms with Crippen molar-refractivity contribution in [3.63, 3.8) is 0 Å². The third kappa shape index (κ3) is 4.48. The first-order valence-electron chi connectivity index (χ1n) is 9.12. The van der Waals surface area contributed by atoms with Crippen molar-refractivity contribution in [3.05, 3.63) is 65.0 Å². The van der Waals surface area contributed by atoms with Crippen LogP contribution in [0, 0.1) is 12.8 Å². The van der Waals surface area contributed by atoms with Gasteiger partial charge in [0.2, 0.25) is 0 Å². The lowest BCUT2D eigenvalue weighted by Crippen LogP contribution is -2.39. The van der Waals surface area contributed by atoms with Crippen molar-refractivity contribution in [2.45, 2.75) is 33.2 Å². The van der Waals surface area contributed by atoms with Gasteiger partial charge >= 0.3 is 0 Å². The molecule has 5 heteroatoms. The second-order valence-corrected chi connectivity index (χ2v) is 7.10. The summed E-state index contributed by atoms with van der Waals surface area (Å²) in [6.07, 6.45) is 3.72. The first-order chi connectivity index (χ1) is 12.5. The average Bonchev–Trinajstić information content (AvgIpc) is 2.67. The summed E-state index contributed by atoms with van der Waals surface area (Å²) >= 11 is 0. The van der Waals surface area contributed by atoms with Gasteiger partial charge in [-0.05, 0) is 43.4 Å². The van der Waals surface area contributed by atoms with E-state index in [1.165, 1.54) is 11.8 Å². The molecule has 0 aliphatic carbocycles. The number of rotatable bonds is 4. The van der Waals surface area contributed by atoms with Crippen molar-refractivity contribution in [1.29, 1.82) is 0 Å². The zero-order chi connectivity index (χ0) is 18.5. The summed E-state index contributed by atoms with van der Waals surface area (Å²) in [5, 5.41) is 2.86. The van der Waals surface area contributed by atoms with Crippen LogP contribution in [0.5, 0.6) is 0 Å². The second kappa shape index (κ2) is 8.13. The molecule has 0 saturated carbocycles. The molecule has 1 N–H and O–H groups in total. The molecule has 1 aliphatic heterocycles. The molecule has 2 aromatic rings. The number of aromatic nitrogens is 1. The summed E-state index contributed by atoms with van der Waals surface area (Å²) in [6.45, 7) is 6.17. The van der Waals surface area contributed by atoms with Crippen molar-refractivity contribution in [1.82, 2.24) is 15.2 Å². The van der Waals surface area contributed by atoms with Crippen LogP contribution in [0.15, 0.2) is 42.6 Å². The molecule has 136 valence electrons. The lowest BCUT2D eigenvalue weighted by Gasteiger charge is -2.31. The van der Waals surface area contributed by atoms with Gasteiger partial charge in [-0.25, -0.2) is 0 Å². The van der Waals surface area contributed by atoms with Gasteiger partial charge < -0.3 is 10.2 Å². The Hall–Kier alpha value is -2.69. The van der Waals surface area contributed by atoms with Gasteiger partial charge in [-0.15, -0.1) is 0 Å². The number of hydrogen-bond donors (Lipinski definition) is 1. The Morgan fingerprint density at radius 1 is 1.23 bits per heavy atom. The highest BCUT2D eigenvalue weighted by molar-refractivity contribution is 5.98. The number of nitrogens with zero attached hydrogens (tertiary/aromatic N) is 2. The van der Waals surface area contributed by atoms with E-state index in [4.69, 9.17) is 0 Å². The summed E-state index contributed by atoms with van der Waals surface area (Å²) in [7, 11) is 0. The van der Waals surface area contributed by atoms with Gasteiger partial charge in [0.15, 0.2) is 0 Å². The molecule has 0 spiro atoms. The molecule has 1 saturated heterocycles. The molecule has 3 rings (SSSR count). The first kappa shape index (κ1) is 18.1. The van der Waals surface area contributed by atoms with Crippen LogP contribution in [0.25, 0.3) is 0 Å². The highest BCUT2D eigenvalue weighted by Gasteiger charge is 2.22. The highest BCUT2D eigenvalue weighted by Crippen LogP contribution is 2.18. The van der Waals surface area contributed by atoms with E-state index in [0.29, 0.717) is 18.0 Å². The van der Waals surface area contributed by atoms with Crippen molar-refractivity contribution >= 4 is 11.8 Å². The fraction of sp³-hybridized carbons (Fsp3) is 0.381. The van der Waals surface area contributed by atoms with E-state index in [0.717, 1.165) is 31.5 Å². The summed E-state index contributed by atoms with van der Waals surface area (Å²) in [5.74, 6) is 0.227. The summed E-state index contributed by atoms with van der Waals surface area (Å²) < 4.78 is 0. The Morgan fingerprint density at radius 3 is 2.73 bits per heavy atom. The Kier molecular flexibility index (Phi) is 5.66. The predicted octanol–water partition coefficient (Wildman–Crippen LogP) is 3.19. The fourth-order valence-electron chi connectivity index (χ4n) is 3.22. The molecule has 1 aromatic heterocycles. The Labute approximate surface area is 154 Å². The molecule has 5 nitrogen and oxygen atoms in total. The Balaban J connectivity index is 1.65. The highest BCUT2D eigenvalue weighted by atomic mass is 16.2. The largest absolute Gasteiger partial charge is 0.347 e. The van der Waals surface area contributed by atoms with Crippen molar-refractivity contribution in [2.75, 3.05) is 13.1 Å². The maximum Gasteiger partial charge on any atom is 0.270 e. The molecular formula is C21H25N3O2. The van der Waals surface area contributed by atoms with Crippen LogP contribution >= 0.6 is 0 Å². The minimum Gasteiger partial charge on any atom is -0.347 e. The van der Waals surface area contributed by atoms with E-state index < -0.39 is 0 Å². The number of benzene rings is 1. The molecule has 0 bridgehead atoms. The minimum atomic E-state index is -0.271. The predicted molar refractivity (Wildman–Crippen MR) is 101 cm³/mol. The van der Waals surface area contributed by atoms with Gasteiger partial charge in [-0.2, -0.15) is 0 Å². The number of pyridine rings is 1. The molecule has 1 atom stereocenters. The van der Waals surface area contributed by atoms with E-state index in [-0.39, 0.29) is 17.5 Å². The SMILES string of the molecule is Cc1ccc(CNC(=O)c2cc(C(=O)N3CCCC(C)C3)ccn2)cc1. The standard InChI is InChI=1S/C21H25N3O2/c1-15-5-7-17(8-6-15)13-23-20(25)19-12-18(9-10-22-19)21(26)24-11-3-4-16(2)14-24/h5-10,12,16H,3-4,11,13-14H2,1-2H3,(H,23,25). The lowest BCUT2D eigenvalue weighted by molar-refractivity contribution is 0.0683. The van der Waals surface area contributed by atoms with Crippen LogP contribution < -0.4 is 5.32 Å². The number of amides is 2. The number of carbonyl (C=O) groups is 2. The number of nitrogens with one attached hydrogen (secondary N) is 1. The molecule has 1 fully saturated rings. The van der Waals surface area contributed by atoms with Crippen molar-refractivity contribution in [3.8, 4) is 0 Å². The number of piperidine rings is 1. The fourth-order valence-corrected chi connectivity index (χ4v) is 3.22. The Morgan fingerprint density at radius 2 is 2.00 bits per heavy atom. The van der Waals surface area contributed by atoms with Crippen LogP contribution in [0.1, 0.15) is 51.7 Å².